The molecule has 0 spiro atoms. The summed E-state index contributed by atoms with van der Waals surface area (Å²) in [6.07, 6.45) is 7.37. The number of carbonyl (C=O) groups excluding carboxylic acids is 1. The molecule has 0 radical (unpaired) electrons. The van der Waals surface area contributed by atoms with Gasteiger partial charge in [0.15, 0.2) is 11.5 Å². The summed E-state index contributed by atoms with van der Waals surface area (Å²) in [6, 6.07) is 7.52. The number of amides is 1. The minimum atomic E-state index is -0.0682. The monoisotopic (exact) mass is 392 g/mol. The van der Waals surface area contributed by atoms with E-state index in [1.54, 1.807) is 57.8 Å². The molecule has 6 nitrogen and oxygen atoms in total. The Morgan fingerprint density at radius 3 is 2.33 bits per heavy atom. The molecule has 0 fully saturated rings. The van der Waals surface area contributed by atoms with Gasteiger partial charge in [-0.2, -0.15) is 0 Å². The van der Waals surface area contributed by atoms with E-state index in [0.29, 0.717) is 30.2 Å². The fourth-order valence-corrected chi connectivity index (χ4v) is 2.46. The quantitative estimate of drug-likeness (QED) is 0.645. The van der Waals surface area contributed by atoms with Gasteiger partial charge in [0.05, 0.1) is 21.3 Å². The van der Waals surface area contributed by atoms with E-state index in [1.807, 2.05) is 24.3 Å². The standard InChI is InChI=1S/C20H24N2O4.ClH/c1-22(19(23)8-7-15-6-5-10-21-14-15)11-9-16-12-17(24-2)20(26-4)18(13-16)25-3;/h5-8,10,12-14H,9,11H2,1-4H3;1H. The van der Waals surface area contributed by atoms with Crippen molar-refractivity contribution in [3.05, 3.63) is 53.9 Å². The summed E-state index contributed by atoms with van der Waals surface area (Å²) < 4.78 is 16.0. The summed E-state index contributed by atoms with van der Waals surface area (Å²) >= 11 is 0. The van der Waals surface area contributed by atoms with Gasteiger partial charge in [-0.25, -0.2) is 0 Å². The second-order valence-corrected chi connectivity index (χ2v) is 5.66. The maximum absolute atomic E-state index is 12.2. The Hall–Kier alpha value is -2.73. The Balaban J connectivity index is 0.00000364. The predicted octanol–water partition coefficient (Wildman–Crippen LogP) is 3.24. The summed E-state index contributed by atoms with van der Waals surface area (Å²) in [5.74, 6) is 1.70. The Kier molecular flexibility index (Phi) is 9.16. The summed E-state index contributed by atoms with van der Waals surface area (Å²) in [7, 11) is 6.51. The topological polar surface area (TPSA) is 60.9 Å². The number of hydrogen-bond acceptors (Lipinski definition) is 5. The largest absolute Gasteiger partial charge is 0.493 e. The maximum Gasteiger partial charge on any atom is 0.246 e. The predicted molar refractivity (Wildman–Crippen MR) is 108 cm³/mol. The van der Waals surface area contributed by atoms with Crippen molar-refractivity contribution in [1.82, 2.24) is 9.88 Å². The molecule has 1 aromatic heterocycles. The number of rotatable bonds is 8. The molecule has 1 heterocycles. The third-order valence-corrected chi connectivity index (χ3v) is 3.94. The normalized spacial score (nSPS) is 10.2. The zero-order valence-corrected chi connectivity index (χ0v) is 16.8. The number of pyridine rings is 1. The van der Waals surface area contributed by atoms with Crippen LogP contribution in [0.15, 0.2) is 42.7 Å². The Morgan fingerprint density at radius 2 is 1.81 bits per heavy atom. The number of nitrogens with zero attached hydrogens (tertiary/aromatic N) is 2. The minimum Gasteiger partial charge on any atom is -0.493 e. The molecule has 0 N–H and O–H groups in total. The van der Waals surface area contributed by atoms with Crippen molar-refractivity contribution < 1.29 is 19.0 Å². The summed E-state index contributed by atoms with van der Waals surface area (Å²) in [6.45, 7) is 0.564. The molecule has 2 rings (SSSR count). The summed E-state index contributed by atoms with van der Waals surface area (Å²) in [5, 5.41) is 0. The van der Waals surface area contributed by atoms with Gasteiger partial charge < -0.3 is 19.1 Å². The molecular weight excluding hydrogens is 368 g/mol. The van der Waals surface area contributed by atoms with Crippen LogP contribution < -0.4 is 14.2 Å². The maximum atomic E-state index is 12.2. The van der Waals surface area contributed by atoms with Crippen molar-refractivity contribution in [2.75, 3.05) is 34.9 Å². The van der Waals surface area contributed by atoms with Crippen LogP contribution in [0.4, 0.5) is 0 Å². The summed E-state index contributed by atoms with van der Waals surface area (Å²) in [5.41, 5.74) is 1.88. The third kappa shape index (κ3) is 6.18. The molecule has 0 saturated heterocycles. The summed E-state index contributed by atoms with van der Waals surface area (Å²) in [4.78, 5) is 17.9. The van der Waals surface area contributed by atoms with Crippen molar-refractivity contribution in [1.29, 1.82) is 0 Å². The number of benzene rings is 1. The second kappa shape index (κ2) is 11.1. The average Bonchev–Trinajstić information content (AvgIpc) is 2.69. The van der Waals surface area contributed by atoms with Crippen LogP contribution in [0.1, 0.15) is 11.1 Å². The van der Waals surface area contributed by atoms with Crippen molar-refractivity contribution in [3.63, 3.8) is 0 Å². The smallest absolute Gasteiger partial charge is 0.246 e. The molecule has 0 atom stereocenters. The van der Waals surface area contributed by atoms with Crippen molar-refractivity contribution in [3.8, 4) is 17.2 Å². The van der Waals surface area contributed by atoms with Crippen LogP contribution in [0.3, 0.4) is 0 Å². The molecule has 0 aliphatic carbocycles. The van der Waals surface area contributed by atoms with Crippen molar-refractivity contribution in [2.45, 2.75) is 6.42 Å². The lowest BCUT2D eigenvalue weighted by molar-refractivity contribution is -0.124. The average molecular weight is 393 g/mol. The number of methoxy groups -OCH3 is 3. The van der Waals surface area contributed by atoms with Gasteiger partial charge in [0, 0.05) is 32.1 Å². The first-order valence-electron chi connectivity index (χ1n) is 8.21. The van der Waals surface area contributed by atoms with Gasteiger partial charge in [0.25, 0.3) is 0 Å². The highest BCUT2D eigenvalue weighted by atomic mass is 35.5. The number of hydrogen-bond donors (Lipinski definition) is 0. The zero-order chi connectivity index (χ0) is 18.9. The molecular formula is C20H25ClN2O4. The van der Waals surface area contributed by atoms with E-state index in [0.717, 1.165) is 11.1 Å². The Bertz CT molecular complexity index is 741. The lowest BCUT2D eigenvalue weighted by Gasteiger charge is -2.17. The Morgan fingerprint density at radius 1 is 1.15 bits per heavy atom. The van der Waals surface area contributed by atoms with Gasteiger partial charge in [0.2, 0.25) is 11.7 Å². The molecule has 0 unspecified atom stereocenters. The van der Waals surface area contributed by atoms with Crippen molar-refractivity contribution >= 4 is 24.4 Å². The van der Waals surface area contributed by atoms with Crippen LogP contribution in [-0.2, 0) is 11.2 Å². The first-order chi connectivity index (χ1) is 12.6. The second-order valence-electron chi connectivity index (χ2n) is 5.66. The fraction of sp³-hybridized carbons (Fsp3) is 0.300. The van der Waals surface area contributed by atoms with E-state index in [9.17, 15) is 4.79 Å². The van der Waals surface area contributed by atoms with Crippen LogP contribution >= 0.6 is 12.4 Å². The SMILES string of the molecule is COc1cc(CCN(C)C(=O)C=Cc2cccnc2)cc(OC)c1OC.Cl. The molecule has 1 aromatic carbocycles. The van der Waals surface area contributed by atoms with Crippen LogP contribution in [0, 0.1) is 0 Å². The van der Waals surface area contributed by atoms with E-state index >= 15 is 0 Å². The highest BCUT2D eigenvalue weighted by molar-refractivity contribution is 5.91. The van der Waals surface area contributed by atoms with Gasteiger partial charge in [-0.15, -0.1) is 12.4 Å². The highest BCUT2D eigenvalue weighted by Crippen LogP contribution is 2.38. The molecule has 27 heavy (non-hydrogen) atoms. The number of aromatic nitrogens is 1. The number of carbonyl (C=O) groups is 1. The lowest BCUT2D eigenvalue weighted by Crippen LogP contribution is -2.27. The molecule has 146 valence electrons. The Labute approximate surface area is 166 Å². The van der Waals surface area contributed by atoms with E-state index in [-0.39, 0.29) is 18.3 Å². The molecule has 1 amide bonds. The van der Waals surface area contributed by atoms with E-state index in [2.05, 4.69) is 4.98 Å². The van der Waals surface area contributed by atoms with Gasteiger partial charge in [-0.1, -0.05) is 6.07 Å². The van der Waals surface area contributed by atoms with Gasteiger partial charge in [-0.05, 0) is 41.8 Å². The van der Waals surface area contributed by atoms with Crippen LogP contribution in [0.5, 0.6) is 17.2 Å². The van der Waals surface area contributed by atoms with Gasteiger partial charge in [0.1, 0.15) is 0 Å². The van der Waals surface area contributed by atoms with Crippen LogP contribution in [0.25, 0.3) is 6.08 Å². The van der Waals surface area contributed by atoms with E-state index < -0.39 is 0 Å². The highest BCUT2D eigenvalue weighted by Gasteiger charge is 2.14. The fourth-order valence-electron chi connectivity index (χ4n) is 2.46. The molecule has 0 aliphatic rings. The van der Waals surface area contributed by atoms with Gasteiger partial charge >= 0.3 is 0 Å². The van der Waals surface area contributed by atoms with Crippen LogP contribution in [-0.4, -0.2) is 50.7 Å². The van der Waals surface area contributed by atoms with Gasteiger partial charge in [-0.3, -0.25) is 9.78 Å². The molecule has 7 heteroatoms. The van der Waals surface area contributed by atoms with Crippen LogP contribution in [0.2, 0.25) is 0 Å². The molecule has 0 aliphatic heterocycles. The zero-order valence-electron chi connectivity index (χ0n) is 16.0. The first-order valence-corrected chi connectivity index (χ1v) is 8.21. The number of likely N-dealkylation sites (N-methyl/N-ethyl adjacent to an activating group) is 1. The number of halogens is 1. The van der Waals surface area contributed by atoms with E-state index in [4.69, 9.17) is 14.2 Å². The van der Waals surface area contributed by atoms with E-state index in [1.165, 1.54) is 0 Å². The first kappa shape index (κ1) is 22.3. The lowest BCUT2D eigenvalue weighted by atomic mass is 10.1. The third-order valence-electron chi connectivity index (χ3n) is 3.94. The molecule has 0 saturated carbocycles. The molecule has 2 aromatic rings. The minimum absolute atomic E-state index is 0. The van der Waals surface area contributed by atoms with Crippen molar-refractivity contribution in [2.24, 2.45) is 0 Å². The number of ether oxygens (including phenoxy) is 3. The molecule has 0 bridgehead atoms.